The van der Waals surface area contributed by atoms with Crippen molar-refractivity contribution in [3.63, 3.8) is 0 Å². The van der Waals surface area contributed by atoms with E-state index in [0.717, 1.165) is 16.7 Å². The van der Waals surface area contributed by atoms with E-state index in [0.29, 0.717) is 31.8 Å². The molecule has 0 aliphatic rings. The van der Waals surface area contributed by atoms with Crippen molar-refractivity contribution in [3.8, 4) is 28.3 Å². The Morgan fingerprint density at radius 2 is 1.60 bits per heavy atom. The monoisotopic (exact) mass is 410 g/mol. The third kappa shape index (κ3) is 3.87. The SMILES string of the molecule is COc1nc(SC)nc(-c2ccc(Cl)cc2Cl)c1-c1ccc(Cl)cc1. The van der Waals surface area contributed by atoms with Crippen LogP contribution in [0.1, 0.15) is 0 Å². The molecule has 0 bridgehead atoms. The first-order valence-corrected chi connectivity index (χ1v) is 9.60. The molecule has 0 fully saturated rings. The summed E-state index contributed by atoms with van der Waals surface area (Å²) >= 11 is 19.9. The Hall–Kier alpha value is -1.46. The predicted octanol–water partition coefficient (Wildman–Crippen LogP) is 6.50. The normalized spacial score (nSPS) is 10.8. The third-order valence-corrected chi connectivity index (χ3v) is 4.90. The van der Waals surface area contributed by atoms with Gasteiger partial charge in [-0.1, -0.05) is 58.7 Å². The molecule has 3 aromatic rings. The Morgan fingerprint density at radius 1 is 0.920 bits per heavy atom. The topological polar surface area (TPSA) is 35.0 Å². The van der Waals surface area contributed by atoms with Crippen LogP contribution in [0.4, 0.5) is 0 Å². The second-order valence-electron chi connectivity index (χ2n) is 5.07. The van der Waals surface area contributed by atoms with Crippen molar-refractivity contribution in [1.82, 2.24) is 9.97 Å². The van der Waals surface area contributed by atoms with Crippen LogP contribution in [0.2, 0.25) is 15.1 Å². The van der Waals surface area contributed by atoms with E-state index in [1.54, 1.807) is 19.2 Å². The second kappa shape index (κ2) is 7.83. The molecule has 25 heavy (non-hydrogen) atoms. The number of rotatable bonds is 4. The van der Waals surface area contributed by atoms with Crippen LogP contribution in [0, 0.1) is 0 Å². The van der Waals surface area contributed by atoms with Crippen LogP contribution < -0.4 is 4.74 Å². The molecule has 7 heteroatoms. The van der Waals surface area contributed by atoms with Gasteiger partial charge in [0.25, 0.3) is 0 Å². The largest absolute Gasteiger partial charge is 0.480 e. The summed E-state index contributed by atoms with van der Waals surface area (Å²) in [6.07, 6.45) is 1.91. The van der Waals surface area contributed by atoms with Crippen LogP contribution in [0.5, 0.6) is 5.88 Å². The maximum atomic E-state index is 6.43. The first kappa shape index (κ1) is 18.3. The summed E-state index contributed by atoms with van der Waals surface area (Å²) in [5, 5.41) is 2.31. The van der Waals surface area contributed by atoms with E-state index in [1.165, 1.54) is 11.8 Å². The minimum Gasteiger partial charge on any atom is -0.480 e. The zero-order valence-electron chi connectivity index (χ0n) is 13.4. The molecule has 0 N–H and O–H groups in total. The number of halogens is 3. The minimum atomic E-state index is 0.475. The molecule has 0 radical (unpaired) electrons. The fraction of sp³-hybridized carbons (Fsp3) is 0.111. The van der Waals surface area contributed by atoms with Crippen molar-refractivity contribution in [3.05, 3.63) is 57.5 Å². The maximum Gasteiger partial charge on any atom is 0.225 e. The van der Waals surface area contributed by atoms with Gasteiger partial charge in [0.1, 0.15) is 0 Å². The molecule has 0 amide bonds. The Bertz CT molecular complexity index is 917. The highest BCUT2D eigenvalue weighted by atomic mass is 35.5. The van der Waals surface area contributed by atoms with Gasteiger partial charge in [-0.2, -0.15) is 4.98 Å². The van der Waals surface area contributed by atoms with E-state index in [4.69, 9.17) is 39.5 Å². The van der Waals surface area contributed by atoms with Gasteiger partial charge in [0.2, 0.25) is 5.88 Å². The summed E-state index contributed by atoms with van der Waals surface area (Å²) in [5.41, 5.74) is 3.07. The van der Waals surface area contributed by atoms with Crippen LogP contribution in [-0.2, 0) is 0 Å². The number of benzene rings is 2. The Morgan fingerprint density at radius 3 is 2.20 bits per heavy atom. The van der Waals surface area contributed by atoms with E-state index in [-0.39, 0.29) is 0 Å². The molecule has 128 valence electrons. The molecular formula is C18H13Cl3N2OS. The third-order valence-electron chi connectivity index (χ3n) is 3.55. The molecule has 0 unspecified atom stereocenters. The molecule has 0 aliphatic carbocycles. The number of aromatic nitrogens is 2. The number of hydrogen-bond donors (Lipinski definition) is 0. The molecule has 0 saturated heterocycles. The Balaban J connectivity index is 2.33. The van der Waals surface area contributed by atoms with Gasteiger partial charge < -0.3 is 4.74 Å². The number of thioether (sulfide) groups is 1. The maximum absolute atomic E-state index is 6.43. The van der Waals surface area contributed by atoms with Crippen molar-refractivity contribution >= 4 is 46.6 Å². The highest BCUT2D eigenvalue weighted by molar-refractivity contribution is 7.98. The summed E-state index contributed by atoms with van der Waals surface area (Å²) in [6.45, 7) is 0. The molecule has 2 aromatic carbocycles. The summed E-state index contributed by atoms with van der Waals surface area (Å²) < 4.78 is 5.53. The zero-order chi connectivity index (χ0) is 18.0. The minimum absolute atomic E-state index is 0.475. The highest BCUT2D eigenvalue weighted by Gasteiger charge is 2.20. The highest BCUT2D eigenvalue weighted by Crippen LogP contribution is 2.41. The number of methoxy groups -OCH3 is 1. The molecule has 0 aliphatic heterocycles. The zero-order valence-corrected chi connectivity index (χ0v) is 16.5. The molecule has 0 atom stereocenters. The molecule has 1 aromatic heterocycles. The smallest absolute Gasteiger partial charge is 0.225 e. The van der Waals surface area contributed by atoms with Gasteiger partial charge in [-0.25, -0.2) is 4.98 Å². The lowest BCUT2D eigenvalue weighted by Gasteiger charge is -2.15. The summed E-state index contributed by atoms with van der Waals surface area (Å²) in [5.74, 6) is 0.475. The van der Waals surface area contributed by atoms with Gasteiger partial charge in [-0.3, -0.25) is 0 Å². The Kier molecular flexibility index (Phi) is 5.74. The molecule has 1 heterocycles. The van der Waals surface area contributed by atoms with Crippen LogP contribution in [-0.4, -0.2) is 23.3 Å². The van der Waals surface area contributed by atoms with E-state index in [1.807, 2.05) is 36.6 Å². The summed E-state index contributed by atoms with van der Waals surface area (Å²) in [7, 11) is 1.58. The quantitative estimate of drug-likeness (QED) is 0.362. The van der Waals surface area contributed by atoms with E-state index in [9.17, 15) is 0 Å². The molecular weight excluding hydrogens is 399 g/mol. The predicted molar refractivity (Wildman–Crippen MR) is 106 cm³/mol. The van der Waals surface area contributed by atoms with Crippen molar-refractivity contribution in [2.75, 3.05) is 13.4 Å². The summed E-state index contributed by atoms with van der Waals surface area (Å²) in [6, 6.07) is 12.7. The fourth-order valence-electron chi connectivity index (χ4n) is 2.41. The second-order valence-corrected chi connectivity index (χ2v) is 7.13. The first-order chi connectivity index (χ1) is 12.0. The summed E-state index contributed by atoms with van der Waals surface area (Å²) in [4.78, 5) is 9.14. The van der Waals surface area contributed by atoms with Crippen molar-refractivity contribution < 1.29 is 4.74 Å². The molecule has 3 rings (SSSR count). The molecule has 0 saturated carbocycles. The van der Waals surface area contributed by atoms with Gasteiger partial charge in [-0.05, 0) is 42.2 Å². The first-order valence-electron chi connectivity index (χ1n) is 7.25. The van der Waals surface area contributed by atoms with Crippen molar-refractivity contribution in [2.24, 2.45) is 0 Å². The van der Waals surface area contributed by atoms with E-state index in [2.05, 4.69) is 9.97 Å². The van der Waals surface area contributed by atoms with Crippen molar-refractivity contribution in [1.29, 1.82) is 0 Å². The number of hydrogen-bond acceptors (Lipinski definition) is 4. The standard InChI is InChI=1S/C18H13Cl3N2OS/c1-24-17-15(10-3-5-11(19)6-4-10)16(22-18(23-17)25-2)13-8-7-12(20)9-14(13)21/h3-9H,1-2H3. The van der Waals surface area contributed by atoms with Gasteiger partial charge >= 0.3 is 0 Å². The van der Waals surface area contributed by atoms with Gasteiger partial charge in [0.15, 0.2) is 5.16 Å². The van der Waals surface area contributed by atoms with Crippen molar-refractivity contribution in [2.45, 2.75) is 5.16 Å². The lowest BCUT2D eigenvalue weighted by Crippen LogP contribution is -2.00. The lowest BCUT2D eigenvalue weighted by molar-refractivity contribution is 0.394. The van der Waals surface area contributed by atoms with Crippen LogP contribution >= 0.6 is 46.6 Å². The average Bonchev–Trinajstić information content (AvgIpc) is 2.61. The fourth-order valence-corrected chi connectivity index (χ4v) is 3.39. The van der Waals surface area contributed by atoms with Crippen LogP contribution in [0.15, 0.2) is 47.6 Å². The lowest BCUT2D eigenvalue weighted by atomic mass is 10.00. The average molecular weight is 412 g/mol. The number of nitrogens with zero attached hydrogens (tertiary/aromatic N) is 2. The van der Waals surface area contributed by atoms with Gasteiger partial charge in [0.05, 0.1) is 23.4 Å². The van der Waals surface area contributed by atoms with E-state index >= 15 is 0 Å². The Labute approximate surface area is 165 Å². The molecule has 0 spiro atoms. The number of ether oxygens (including phenoxy) is 1. The van der Waals surface area contributed by atoms with E-state index < -0.39 is 0 Å². The van der Waals surface area contributed by atoms with Crippen LogP contribution in [0.25, 0.3) is 22.4 Å². The van der Waals surface area contributed by atoms with Gasteiger partial charge in [-0.15, -0.1) is 0 Å². The van der Waals surface area contributed by atoms with Crippen LogP contribution in [0.3, 0.4) is 0 Å². The molecule has 3 nitrogen and oxygen atoms in total. The van der Waals surface area contributed by atoms with Gasteiger partial charge in [0, 0.05) is 15.6 Å².